The molecule has 2 rings (SSSR count). The van der Waals surface area contributed by atoms with Crippen molar-refractivity contribution >= 4 is 23.5 Å². The van der Waals surface area contributed by atoms with Gasteiger partial charge in [0.15, 0.2) is 0 Å². The fraction of sp³-hybridized carbons (Fsp3) is 0.471. The van der Waals surface area contributed by atoms with Gasteiger partial charge in [0.05, 0.1) is 18.1 Å². The standard InChI is InChI=1S/C17H19F3N2O5/c1-9(23)21-12-4-10(3-11(5-12)17(18,19)20)16(26)22-8-14(27-2)6-13(22)7-15(24)25/h3-5,13-14H,6-8H2,1-2H3,(H,21,23)(H,24,25). The van der Waals surface area contributed by atoms with E-state index in [1.54, 1.807) is 0 Å². The number of benzene rings is 1. The van der Waals surface area contributed by atoms with Crippen LogP contribution in [0.5, 0.6) is 0 Å². The highest BCUT2D eigenvalue weighted by Crippen LogP contribution is 2.33. The van der Waals surface area contributed by atoms with Crippen molar-refractivity contribution in [1.82, 2.24) is 4.90 Å². The molecule has 0 spiro atoms. The molecule has 7 nitrogen and oxygen atoms in total. The molecule has 1 aliphatic heterocycles. The number of amides is 2. The molecule has 1 aromatic rings. The number of rotatable bonds is 5. The van der Waals surface area contributed by atoms with E-state index in [0.29, 0.717) is 6.07 Å². The molecular formula is C17H19F3N2O5. The number of nitrogens with zero attached hydrogens (tertiary/aromatic N) is 1. The van der Waals surface area contributed by atoms with Crippen molar-refractivity contribution in [2.75, 3.05) is 19.0 Å². The van der Waals surface area contributed by atoms with Gasteiger partial charge in [0.25, 0.3) is 5.91 Å². The number of hydrogen-bond donors (Lipinski definition) is 2. The lowest BCUT2D eigenvalue weighted by atomic mass is 10.1. The van der Waals surface area contributed by atoms with E-state index < -0.39 is 41.7 Å². The Hall–Kier alpha value is -2.62. The van der Waals surface area contributed by atoms with Gasteiger partial charge in [0, 0.05) is 37.9 Å². The molecule has 0 saturated carbocycles. The number of hydrogen-bond acceptors (Lipinski definition) is 4. The number of ether oxygens (including phenoxy) is 1. The molecule has 1 aliphatic rings. The van der Waals surface area contributed by atoms with Gasteiger partial charge in [-0.25, -0.2) is 0 Å². The summed E-state index contributed by atoms with van der Waals surface area (Å²) in [5.41, 5.74) is -1.55. The molecule has 0 radical (unpaired) electrons. The molecule has 1 heterocycles. The first-order chi connectivity index (χ1) is 12.5. The number of nitrogens with one attached hydrogen (secondary N) is 1. The maximum absolute atomic E-state index is 13.2. The Balaban J connectivity index is 2.40. The van der Waals surface area contributed by atoms with Crippen LogP contribution >= 0.6 is 0 Å². The van der Waals surface area contributed by atoms with Gasteiger partial charge in [-0.3, -0.25) is 14.4 Å². The summed E-state index contributed by atoms with van der Waals surface area (Å²) in [6, 6.07) is 1.86. The minimum atomic E-state index is -4.72. The van der Waals surface area contributed by atoms with Crippen molar-refractivity contribution in [2.45, 2.75) is 38.1 Å². The van der Waals surface area contributed by atoms with Gasteiger partial charge in [0.2, 0.25) is 5.91 Å². The number of halogens is 3. The van der Waals surface area contributed by atoms with Crippen molar-refractivity contribution in [1.29, 1.82) is 0 Å². The molecule has 1 aromatic carbocycles. The molecule has 0 aliphatic carbocycles. The van der Waals surface area contributed by atoms with E-state index in [0.717, 1.165) is 19.1 Å². The van der Waals surface area contributed by atoms with Crippen LogP contribution in [0.3, 0.4) is 0 Å². The second kappa shape index (κ2) is 7.95. The van der Waals surface area contributed by atoms with E-state index in [-0.39, 0.29) is 30.6 Å². The fourth-order valence-electron chi connectivity index (χ4n) is 3.04. The zero-order valence-electron chi connectivity index (χ0n) is 14.7. The summed E-state index contributed by atoms with van der Waals surface area (Å²) in [7, 11) is 1.41. The van der Waals surface area contributed by atoms with Crippen molar-refractivity contribution in [3.63, 3.8) is 0 Å². The Morgan fingerprint density at radius 2 is 1.96 bits per heavy atom. The third kappa shape index (κ3) is 5.19. The number of aliphatic carboxylic acids is 1. The summed E-state index contributed by atoms with van der Waals surface area (Å²) < 4.78 is 44.6. The highest BCUT2D eigenvalue weighted by atomic mass is 19.4. The summed E-state index contributed by atoms with van der Waals surface area (Å²) in [5.74, 6) is -2.46. The van der Waals surface area contributed by atoms with Crippen molar-refractivity contribution in [3.05, 3.63) is 29.3 Å². The quantitative estimate of drug-likeness (QED) is 0.807. The topological polar surface area (TPSA) is 95.9 Å². The van der Waals surface area contributed by atoms with Crippen LogP contribution < -0.4 is 5.32 Å². The van der Waals surface area contributed by atoms with E-state index in [2.05, 4.69) is 5.32 Å². The summed E-state index contributed by atoms with van der Waals surface area (Å²) in [5, 5.41) is 11.3. The zero-order chi connectivity index (χ0) is 20.4. The van der Waals surface area contributed by atoms with E-state index in [4.69, 9.17) is 9.84 Å². The zero-order valence-corrected chi connectivity index (χ0v) is 14.7. The molecule has 0 bridgehead atoms. The normalized spacial score (nSPS) is 19.8. The van der Waals surface area contributed by atoms with Crippen LogP contribution in [-0.2, 0) is 20.5 Å². The molecular weight excluding hydrogens is 369 g/mol. The van der Waals surface area contributed by atoms with Crippen molar-refractivity contribution in [3.8, 4) is 0 Å². The Morgan fingerprint density at radius 3 is 2.48 bits per heavy atom. The number of likely N-dealkylation sites (tertiary alicyclic amines) is 1. The average molecular weight is 388 g/mol. The Labute approximate surface area is 153 Å². The Morgan fingerprint density at radius 1 is 1.30 bits per heavy atom. The Bertz CT molecular complexity index is 751. The number of carbonyl (C=O) groups excluding carboxylic acids is 2. The molecule has 148 valence electrons. The highest BCUT2D eigenvalue weighted by molar-refractivity contribution is 5.97. The number of methoxy groups -OCH3 is 1. The highest BCUT2D eigenvalue weighted by Gasteiger charge is 2.38. The molecule has 2 unspecified atom stereocenters. The number of carboxylic acids is 1. The summed E-state index contributed by atoms with van der Waals surface area (Å²) in [6.45, 7) is 1.20. The van der Waals surface area contributed by atoms with Crippen LogP contribution in [0.25, 0.3) is 0 Å². The second-order valence-electron chi connectivity index (χ2n) is 6.28. The van der Waals surface area contributed by atoms with Gasteiger partial charge in [-0.2, -0.15) is 13.2 Å². The molecule has 27 heavy (non-hydrogen) atoms. The fourth-order valence-corrected chi connectivity index (χ4v) is 3.04. The number of carboxylic acid groups (broad SMARTS) is 1. The largest absolute Gasteiger partial charge is 0.481 e. The second-order valence-corrected chi connectivity index (χ2v) is 6.28. The van der Waals surface area contributed by atoms with Crippen LogP contribution in [0.1, 0.15) is 35.7 Å². The number of anilines is 1. The molecule has 1 saturated heterocycles. The average Bonchev–Trinajstić information content (AvgIpc) is 2.94. The van der Waals surface area contributed by atoms with E-state index in [1.165, 1.54) is 12.0 Å². The van der Waals surface area contributed by atoms with Gasteiger partial charge < -0.3 is 20.1 Å². The minimum absolute atomic E-state index is 0.0684. The van der Waals surface area contributed by atoms with Crippen LogP contribution in [0.15, 0.2) is 18.2 Å². The van der Waals surface area contributed by atoms with E-state index in [1.807, 2.05) is 0 Å². The van der Waals surface area contributed by atoms with Gasteiger partial charge in [0.1, 0.15) is 0 Å². The predicted molar refractivity (Wildman–Crippen MR) is 88.2 cm³/mol. The van der Waals surface area contributed by atoms with Gasteiger partial charge in [-0.1, -0.05) is 0 Å². The minimum Gasteiger partial charge on any atom is -0.481 e. The van der Waals surface area contributed by atoms with Gasteiger partial charge in [-0.15, -0.1) is 0 Å². The summed E-state index contributed by atoms with van der Waals surface area (Å²) in [4.78, 5) is 36.3. The van der Waals surface area contributed by atoms with Crippen molar-refractivity contribution < 1.29 is 37.4 Å². The summed E-state index contributed by atoms with van der Waals surface area (Å²) >= 11 is 0. The van der Waals surface area contributed by atoms with Crippen LogP contribution in [0.2, 0.25) is 0 Å². The number of alkyl halides is 3. The first-order valence-electron chi connectivity index (χ1n) is 8.06. The summed E-state index contributed by atoms with van der Waals surface area (Å²) in [6.07, 6.45) is -5.20. The van der Waals surface area contributed by atoms with E-state index >= 15 is 0 Å². The van der Waals surface area contributed by atoms with Crippen molar-refractivity contribution in [2.24, 2.45) is 0 Å². The molecule has 2 atom stereocenters. The third-order valence-electron chi connectivity index (χ3n) is 4.21. The maximum Gasteiger partial charge on any atom is 0.416 e. The molecule has 0 aromatic heterocycles. The molecule has 1 fully saturated rings. The van der Waals surface area contributed by atoms with Gasteiger partial charge >= 0.3 is 12.1 Å². The molecule has 10 heteroatoms. The third-order valence-corrected chi connectivity index (χ3v) is 4.21. The predicted octanol–water partition coefficient (Wildman–Crippen LogP) is 2.37. The van der Waals surface area contributed by atoms with Crippen LogP contribution in [0, 0.1) is 0 Å². The van der Waals surface area contributed by atoms with Crippen LogP contribution in [-0.4, -0.2) is 53.6 Å². The lowest BCUT2D eigenvalue weighted by Gasteiger charge is -2.24. The maximum atomic E-state index is 13.2. The first kappa shape index (κ1) is 20.7. The molecule has 2 amide bonds. The van der Waals surface area contributed by atoms with Gasteiger partial charge in [-0.05, 0) is 24.6 Å². The first-order valence-corrected chi connectivity index (χ1v) is 8.06. The smallest absolute Gasteiger partial charge is 0.416 e. The lowest BCUT2D eigenvalue weighted by Crippen LogP contribution is -2.37. The lowest BCUT2D eigenvalue weighted by molar-refractivity contribution is -0.138. The SMILES string of the molecule is COC1CC(CC(=O)O)N(C(=O)c2cc(NC(C)=O)cc(C(F)(F)F)c2)C1. The van der Waals surface area contributed by atoms with E-state index in [9.17, 15) is 27.6 Å². The van der Waals surface area contributed by atoms with Crippen LogP contribution in [0.4, 0.5) is 18.9 Å². The number of carbonyl (C=O) groups is 3. The molecule has 2 N–H and O–H groups in total. The monoisotopic (exact) mass is 388 g/mol. The Kier molecular flexibility index (Phi) is 6.09.